The number of carbonyl (C=O) groups is 1. The van der Waals surface area contributed by atoms with E-state index in [-0.39, 0.29) is 5.97 Å². The highest BCUT2D eigenvalue weighted by Crippen LogP contribution is 2.22. The van der Waals surface area contributed by atoms with Crippen LogP contribution < -0.4 is 10.6 Å². The topological polar surface area (TPSA) is 76.1 Å². The van der Waals surface area contributed by atoms with Gasteiger partial charge >= 0.3 is 5.97 Å². The van der Waals surface area contributed by atoms with Gasteiger partial charge < -0.3 is 15.4 Å². The summed E-state index contributed by atoms with van der Waals surface area (Å²) in [5.41, 5.74) is 1.12. The molecule has 0 unspecified atom stereocenters. The van der Waals surface area contributed by atoms with Crippen molar-refractivity contribution in [2.24, 2.45) is 0 Å². The van der Waals surface area contributed by atoms with Crippen LogP contribution >= 0.6 is 0 Å². The van der Waals surface area contributed by atoms with Crippen LogP contribution in [0.1, 0.15) is 42.4 Å². The molecule has 2 aromatic rings. The van der Waals surface area contributed by atoms with Crippen LogP contribution in [0, 0.1) is 6.92 Å². The summed E-state index contributed by atoms with van der Waals surface area (Å²) in [5.74, 6) is 1.68. The van der Waals surface area contributed by atoms with Crippen LogP contribution in [0.4, 0.5) is 17.3 Å². The van der Waals surface area contributed by atoms with Gasteiger partial charge in [0.05, 0.1) is 18.4 Å². The van der Waals surface area contributed by atoms with Gasteiger partial charge in [-0.2, -0.15) is 0 Å². The summed E-state index contributed by atoms with van der Waals surface area (Å²) in [4.78, 5) is 20.6. The van der Waals surface area contributed by atoms with Gasteiger partial charge in [0, 0.05) is 12.6 Å². The second kappa shape index (κ2) is 8.86. The maximum Gasteiger partial charge on any atom is 0.339 e. The Balaban J connectivity index is 2.15. The molecule has 0 spiro atoms. The Labute approximate surface area is 142 Å². The van der Waals surface area contributed by atoms with Crippen molar-refractivity contribution >= 4 is 23.3 Å². The molecule has 0 aliphatic heterocycles. The van der Waals surface area contributed by atoms with E-state index in [0.717, 1.165) is 18.8 Å². The highest BCUT2D eigenvalue weighted by atomic mass is 16.5. The first-order valence-electron chi connectivity index (χ1n) is 8.18. The number of unbranched alkanes of at least 4 members (excludes halogenated alkanes) is 2. The van der Waals surface area contributed by atoms with Gasteiger partial charge in [0.2, 0.25) is 0 Å². The lowest BCUT2D eigenvalue weighted by molar-refractivity contribution is 0.0602. The van der Waals surface area contributed by atoms with Gasteiger partial charge in [-0.3, -0.25) is 0 Å². The number of esters is 1. The van der Waals surface area contributed by atoms with Gasteiger partial charge in [0.15, 0.2) is 0 Å². The molecule has 6 heteroatoms. The van der Waals surface area contributed by atoms with E-state index in [4.69, 9.17) is 4.74 Å². The first kappa shape index (κ1) is 17.7. The minimum absolute atomic E-state index is 0.387. The quantitative estimate of drug-likeness (QED) is 0.565. The zero-order valence-corrected chi connectivity index (χ0v) is 14.4. The van der Waals surface area contributed by atoms with E-state index in [2.05, 4.69) is 27.5 Å². The molecule has 0 fully saturated rings. The number of anilines is 3. The maximum absolute atomic E-state index is 11.9. The van der Waals surface area contributed by atoms with Crippen LogP contribution in [0.2, 0.25) is 0 Å². The molecule has 0 amide bonds. The zero-order chi connectivity index (χ0) is 17.4. The Morgan fingerprint density at radius 2 is 1.92 bits per heavy atom. The van der Waals surface area contributed by atoms with E-state index in [1.54, 1.807) is 12.1 Å². The second-order valence-corrected chi connectivity index (χ2v) is 5.48. The summed E-state index contributed by atoms with van der Waals surface area (Å²) < 4.78 is 4.81. The van der Waals surface area contributed by atoms with Crippen molar-refractivity contribution < 1.29 is 9.53 Å². The fourth-order valence-electron chi connectivity index (χ4n) is 2.33. The van der Waals surface area contributed by atoms with E-state index >= 15 is 0 Å². The molecule has 24 heavy (non-hydrogen) atoms. The van der Waals surface area contributed by atoms with Crippen LogP contribution in [-0.2, 0) is 4.74 Å². The molecule has 1 heterocycles. The van der Waals surface area contributed by atoms with E-state index < -0.39 is 0 Å². The maximum atomic E-state index is 11.9. The van der Waals surface area contributed by atoms with Crippen molar-refractivity contribution in [1.82, 2.24) is 9.97 Å². The van der Waals surface area contributed by atoms with Crippen LogP contribution in [0.15, 0.2) is 30.3 Å². The molecule has 0 saturated carbocycles. The molecule has 0 aliphatic carbocycles. The molecule has 0 atom stereocenters. The molecule has 0 saturated heterocycles. The number of ether oxygens (including phenoxy) is 1. The highest BCUT2D eigenvalue weighted by Gasteiger charge is 2.12. The van der Waals surface area contributed by atoms with E-state index in [1.165, 1.54) is 20.0 Å². The summed E-state index contributed by atoms with van der Waals surface area (Å²) in [7, 11) is 1.37. The zero-order valence-electron chi connectivity index (χ0n) is 14.4. The van der Waals surface area contributed by atoms with Gasteiger partial charge in [-0.05, 0) is 25.5 Å². The van der Waals surface area contributed by atoms with Gasteiger partial charge in [-0.15, -0.1) is 0 Å². The Bertz CT molecular complexity index is 688. The number of hydrogen-bond donors (Lipinski definition) is 2. The van der Waals surface area contributed by atoms with Gasteiger partial charge in [-0.1, -0.05) is 31.9 Å². The fourth-order valence-corrected chi connectivity index (χ4v) is 2.33. The molecule has 128 valence electrons. The van der Waals surface area contributed by atoms with Crippen molar-refractivity contribution in [2.75, 3.05) is 24.3 Å². The molecule has 2 rings (SSSR count). The van der Waals surface area contributed by atoms with Crippen molar-refractivity contribution in [1.29, 1.82) is 0 Å². The lowest BCUT2D eigenvalue weighted by Gasteiger charge is -2.12. The van der Waals surface area contributed by atoms with Crippen molar-refractivity contribution in [3.63, 3.8) is 0 Å². The first-order chi connectivity index (χ1) is 11.6. The summed E-state index contributed by atoms with van der Waals surface area (Å²) in [6.45, 7) is 4.90. The first-order valence-corrected chi connectivity index (χ1v) is 8.18. The van der Waals surface area contributed by atoms with Gasteiger partial charge in [0.25, 0.3) is 0 Å². The van der Waals surface area contributed by atoms with E-state index in [1.807, 2.05) is 25.1 Å². The highest BCUT2D eigenvalue weighted by molar-refractivity contribution is 5.96. The average Bonchev–Trinajstić information content (AvgIpc) is 2.58. The minimum atomic E-state index is -0.387. The normalized spacial score (nSPS) is 10.3. The molecule has 1 aromatic carbocycles. The summed E-state index contributed by atoms with van der Waals surface area (Å²) in [6.07, 6.45) is 3.48. The third-order valence-corrected chi connectivity index (χ3v) is 3.52. The Hall–Kier alpha value is -2.63. The summed E-state index contributed by atoms with van der Waals surface area (Å²) >= 11 is 0. The summed E-state index contributed by atoms with van der Waals surface area (Å²) in [6, 6.07) is 9.02. The number of methoxy groups -OCH3 is 1. The van der Waals surface area contributed by atoms with Crippen LogP contribution in [0.5, 0.6) is 0 Å². The van der Waals surface area contributed by atoms with E-state index in [9.17, 15) is 4.79 Å². The van der Waals surface area contributed by atoms with E-state index in [0.29, 0.717) is 22.9 Å². The Kier molecular flexibility index (Phi) is 6.54. The lowest BCUT2D eigenvalue weighted by atomic mass is 10.2. The number of rotatable bonds is 8. The Morgan fingerprint density at radius 3 is 2.67 bits per heavy atom. The standard InChI is InChI=1S/C18H24N4O2/c1-4-5-8-11-19-16-12-17(21-13(2)20-16)22-15-10-7-6-9-14(15)18(23)24-3/h6-7,9-10,12H,4-5,8,11H2,1-3H3,(H2,19,20,21,22). The van der Waals surface area contributed by atoms with Crippen molar-refractivity contribution in [3.8, 4) is 0 Å². The second-order valence-electron chi connectivity index (χ2n) is 5.48. The predicted molar refractivity (Wildman–Crippen MR) is 95.8 cm³/mol. The van der Waals surface area contributed by atoms with Crippen LogP contribution in [0.25, 0.3) is 0 Å². The number of nitrogens with one attached hydrogen (secondary N) is 2. The average molecular weight is 328 g/mol. The number of carbonyl (C=O) groups excluding carboxylic acids is 1. The third-order valence-electron chi connectivity index (χ3n) is 3.52. The Morgan fingerprint density at radius 1 is 1.17 bits per heavy atom. The van der Waals surface area contributed by atoms with Crippen molar-refractivity contribution in [2.45, 2.75) is 33.1 Å². The molecular formula is C18H24N4O2. The molecule has 0 aliphatic rings. The number of para-hydroxylation sites is 1. The minimum Gasteiger partial charge on any atom is -0.465 e. The smallest absolute Gasteiger partial charge is 0.339 e. The summed E-state index contributed by atoms with van der Waals surface area (Å²) in [5, 5.41) is 6.49. The monoisotopic (exact) mass is 328 g/mol. The number of aryl methyl sites for hydroxylation is 1. The number of nitrogens with zero attached hydrogens (tertiary/aromatic N) is 2. The molecule has 2 N–H and O–H groups in total. The molecule has 1 aromatic heterocycles. The number of hydrogen-bond acceptors (Lipinski definition) is 6. The molecule has 0 bridgehead atoms. The lowest BCUT2D eigenvalue weighted by Crippen LogP contribution is -2.08. The molecular weight excluding hydrogens is 304 g/mol. The van der Waals surface area contributed by atoms with Crippen LogP contribution in [-0.4, -0.2) is 29.6 Å². The fraction of sp³-hybridized carbons (Fsp3) is 0.389. The number of aromatic nitrogens is 2. The third kappa shape index (κ3) is 4.94. The van der Waals surface area contributed by atoms with Crippen molar-refractivity contribution in [3.05, 3.63) is 41.7 Å². The predicted octanol–water partition coefficient (Wildman–Crippen LogP) is 3.92. The van der Waals surface area contributed by atoms with Gasteiger partial charge in [-0.25, -0.2) is 14.8 Å². The number of benzene rings is 1. The molecule has 6 nitrogen and oxygen atoms in total. The van der Waals surface area contributed by atoms with Crippen LogP contribution in [0.3, 0.4) is 0 Å². The molecule has 0 radical (unpaired) electrons. The largest absolute Gasteiger partial charge is 0.465 e. The SMILES string of the molecule is CCCCCNc1cc(Nc2ccccc2C(=O)OC)nc(C)n1. The van der Waals surface area contributed by atoms with Gasteiger partial charge in [0.1, 0.15) is 17.5 Å².